The monoisotopic (exact) mass is 479 g/mol. The van der Waals surface area contributed by atoms with Crippen molar-refractivity contribution in [3.05, 3.63) is 83.9 Å². The number of carbonyl (C=O) groups excluding carboxylic acids is 2. The Bertz CT molecular complexity index is 1310. The minimum absolute atomic E-state index is 0.0367. The molecule has 0 aliphatic carbocycles. The largest absolute Gasteiger partial charge is 0.497 e. The minimum atomic E-state index is -4.02. The molecule has 3 N–H and O–H groups in total. The van der Waals surface area contributed by atoms with Crippen molar-refractivity contribution in [2.45, 2.75) is 30.2 Å². The summed E-state index contributed by atoms with van der Waals surface area (Å²) >= 11 is 0. The number of nitrogens with one attached hydrogen (secondary N) is 3. The number of benzene rings is 3. The van der Waals surface area contributed by atoms with E-state index in [4.69, 9.17) is 4.74 Å². The molecule has 0 radical (unpaired) electrons. The smallest absolute Gasteiger partial charge is 0.242 e. The van der Waals surface area contributed by atoms with Gasteiger partial charge in [-0.1, -0.05) is 36.4 Å². The lowest BCUT2D eigenvalue weighted by Gasteiger charge is -2.21. The highest BCUT2D eigenvalue weighted by Gasteiger charge is 2.27. The summed E-state index contributed by atoms with van der Waals surface area (Å²) < 4.78 is 34.2. The molecule has 1 heterocycles. The summed E-state index contributed by atoms with van der Waals surface area (Å²) in [6.45, 7) is 0. The fourth-order valence-corrected chi connectivity index (χ4v) is 5.00. The first-order valence-corrected chi connectivity index (χ1v) is 12.3. The van der Waals surface area contributed by atoms with Gasteiger partial charge >= 0.3 is 0 Å². The number of ether oxygens (including phenoxy) is 1. The van der Waals surface area contributed by atoms with E-state index in [1.807, 2.05) is 30.3 Å². The lowest BCUT2D eigenvalue weighted by molar-refractivity contribution is -0.118. The van der Waals surface area contributed by atoms with Gasteiger partial charge in [-0.05, 0) is 54.3 Å². The van der Waals surface area contributed by atoms with E-state index in [0.717, 1.165) is 11.1 Å². The topological polar surface area (TPSA) is 114 Å². The zero-order valence-corrected chi connectivity index (χ0v) is 19.4. The quantitative estimate of drug-likeness (QED) is 0.459. The molecule has 0 aromatic heterocycles. The molecule has 3 aromatic carbocycles. The predicted molar refractivity (Wildman–Crippen MR) is 129 cm³/mol. The molecule has 0 bridgehead atoms. The van der Waals surface area contributed by atoms with Gasteiger partial charge in [0, 0.05) is 23.9 Å². The van der Waals surface area contributed by atoms with Crippen molar-refractivity contribution in [2.24, 2.45) is 0 Å². The summed E-state index contributed by atoms with van der Waals surface area (Å²) in [5.41, 5.74) is 2.64. The van der Waals surface area contributed by atoms with Crippen LogP contribution in [-0.4, -0.2) is 33.4 Å². The number of sulfonamides is 1. The first kappa shape index (κ1) is 23.5. The first-order valence-electron chi connectivity index (χ1n) is 10.8. The van der Waals surface area contributed by atoms with Crippen LogP contribution in [0.2, 0.25) is 0 Å². The van der Waals surface area contributed by atoms with E-state index < -0.39 is 22.0 Å². The van der Waals surface area contributed by atoms with Gasteiger partial charge in [0.1, 0.15) is 11.8 Å². The molecule has 176 valence electrons. The van der Waals surface area contributed by atoms with Crippen LogP contribution in [0.5, 0.6) is 5.75 Å². The van der Waals surface area contributed by atoms with Crippen molar-refractivity contribution >= 4 is 33.2 Å². The highest BCUT2D eigenvalue weighted by Crippen LogP contribution is 2.26. The Morgan fingerprint density at radius 3 is 2.59 bits per heavy atom. The second-order valence-electron chi connectivity index (χ2n) is 7.95. The van der Waals surface area contributed by atoms with Crippen LogP contribution in [0.15, 0.2) is 77.7 Å². The standard InChI is InChI=1S/C25H25N3O5S/c1-33-20-9-5-8-19(16-20)26-25(30)23(14-17-6-3-2-4-7-17)28-34(31,32)21-11-12-22-18(15-21)10-13-24(29)27-22/h2-9,11-12,15-16,23,28H,10,13-14H2,1H3,(H,26,30)(H,27,29). The third kappa shape index (κ3) is 5.62. The van der Waals surface area contributed by atoms with Crippen LogP contribution in [0.4, 0.5) is 11.4 Å². The number of fused-ring (bicyclic) bond motifs is 1. The van der Waals surface area contributed by atoms with Crippen LogP contribution >= 0.6 is 0 Å². The number of amides is 2. The number of rotatable bonds is 8. The van der Waals surface area contributed by atoms with Crippen LogP contribution < -0.4 is 20.1 Å². The summed E-state index contributed by atoms with van der Waals surface area (Å²) in [5.74, 6) is -0.0246. The van der Waals surface area contributed by atoms with Crippen LogP contribution in [0.3, 0.4) is 0 Å². The first-order chi connectivity index (χ1) is 16.3. The van der Waals surface area contributed by atoms with Crippen molar-refractivity contribution in [2.75, 3.05) is 17.7 Å². The zero-order chi connectivity index (χ0) is 24.1. The number of hydrogen-bond acceptors (Lipinski definition) is 5. The van der Waals surface area contributed by atoms with E-state index in [0.29, 0.717) is 30.0 Å². The van der Waals surface area contributed by atoms with E-state index in [2.05, 4.69) is 15.4 Å². The zero-order valence-electron chi connectivity index (χ0n) is 18.6. The van der Waals surface area contributed by atoms with Gasteiger partial charge in [0.15, 0.2) is 0 Å². The van der Waals surface area contributed by atoms with Gasteiger partial charge in [-0.2, -0.15) is 4.72 Å². The summed E-state index contributed by atoms with van der Waals surface area (Å²) in [6.07, 6.45) is 0.911. The predicted octanol–water partition coefficient (Wildman–Crippen LogP) is 3.11. The van der Waals surface area contributed by atoms with Gasteiger partial charge in [0.25, 0.3) is 0 Å². The average molecular weight is 480 g/mol. The molecule has 0 spiro atoms. The molecule has 2 amide bonds. The van der Waals surface area contributed by atoms with E-state index in [1.165, 1.54) is 19.2 Å². The van der Waals surface area contributed by atoms with Crippen molar-refractivity contribution < 1.29 is 22.7 Å². The summed E-state index contributed by atoms with van der Waals surface area (Å²) in [6, 6.07) is 19.5. The van der Waals surface area contributed by atoms with E-state index >= 15 is 0 Å². The molecule has 0 saturated carbocycles. The average Bonchev–Trinajstić information content (AvgIpc) is 2.84. The molecular formula is C25H25N3O5S. The molecule has 1 unspecified atom stereocenters. The normalized spacial score (nSPS) is 14.0. The Labute approximate surface area is 198 Å². The highest BCUT2D eigenvalue weighted by molar-refractivity contribution is 7.89. The van der Waals surface area contributed by atoms with E-state index in [1.54, 1.807) is 30.3 Å². The van der Waals surface area contributed by atoms with E-state index in [9.17, 15) is 18.0 Å². The number of carbonyl (C=O) groups is 2. The van der Waals surface area contributed by atoms with Crippen molar-refractivity contribution in [1.29, 1.82) is 0 Å². The molecular weight excluding hydrogens is 454 g/mol. The molecule has 1 aliphatic heterocycles. The van der Waals surface area contributed by atoms with Crippen LogP contribution in [0.1, 0.15) is 17.5 Å². The Balaban J connectivity index is 1.59. The number of anilines is 2. The summed E-state index contributed by atoms with van der Waals surface area (Å²) in [5, 5.41) is 5.51. The third-order valence-corrected chi connectivity index (χ3v) is 6.99. The van der Waals surface area contributed by atoms with Gasteiger partial charge in [-0.3, -0.25) is 9.59 Å². The lowest BCUT2D eigenvalue weighted by atomic mass is 10.0. The number of aryl methyl sites for hydroxylation is 1. The van der Waals surface area contributed by atoms with Crippen molar-refractivity contribution in [3.8, 4) is 5.75 Å². The third-order valence-electron chi connectivity index (χ3n) is 5.52. The minimum Gasteiger partial charge on any atom is -0.497 e. The number of methoxy groups -OCH3 is 1. The second kappa shape index (κ2) is 10.1. The van der Waals surface area contributed by atoms with Crippen molar-refractivity contribution in [1.82, 2.24) is 4.72 Å². The number of hydrogen-bond donors (Lipinski definition) is 3. The second-order valence-corrected chi connectivity index (χ2v) is 9.67. The van der Waals surface area contributed by atoms with Crippen LogP contribution in [-0.2, 0) is 32.5 Å². The Kier molecular flexibility index (Phi) is 6.95. The van der Waals surface area contributed by atoms with Crippen LogP contribution in [0.25, 0.3) is 0 Å². The van der Waals surface area contributed by atoms with Gasteiger partial charge in [-0.25, -0.2) is 8.42 Å². The lowest BCUT2D eigenvalue weighted by Crippen LogP contribution is -2.45. The van der Waals surface area contributed by atoms with Crippen LogP contribution in [0, 0.1) is 0 Å². The molecule has 4 rings (SSSR count). The summed E-state index contributed by atoms with van der Waals surface area (Å²) in [4.78, 5) is 24.8. The molecule has 3 aromatic rings. The van der Waals surface area contributed by atoms with E-state index in [-0.39, 0.29) is 17.2 Å². The SMILES string of the molecule is COc1cccc(NC(=O)C(Cc2ccccc2)NS(=O)(=O)c2ccc3c(c2)CCC(=O)N3)c1. The molecule has 1 atom stereocenters. The Morgan fingerprint density at radius 2 is 1.82 bits per heavy atom. The maximum atomic E-state index is 13.2. The van der Waals surface area contributed by atoms with Gasteiger partial charge < -0.3 is 15.4 Å². The molecule has 34 heavy (non-hydrogen) atoms. The fraction of sp³-hybridized carbons (Fsp3) is 0.200. The maximum absolute atomic E-state index is 13.2. The fourth-order valence-electron chi connectivity index (χ4n) is 3.75. The Hall–Kier alpha value is -3.69. The summed E-state index contributed by atoms with van der Waals surface area (Å²) in [7, 11) is -2.50. The van der Waals surface area contributed by atoms with Gasteiger partial charge in [0.2, 0.25) is 21.8 Å². The molecule has 9 heteroatoms. The maximum Gasteiger partial charge on any atom is 0.242 e. The van der Waals surface area contributed by atoms with Gasteiger partial charge in [0.05, 0.1) is 12.0 Å². The van der Waals surface area contributed by atoms with Crippen molar-refractivity contribution in [3.63, 3.8) is 0 Å². The highest BCUT2D eigenvalue weighted by atomic mass is 32.2. The molecule has 1 aliphatic rings. The van der Waals surface area contributed by atoms with Gasteiger partial charge in [-0.15, -0.1) is 0 Å². The molecule has 8 nitrogen and oxygen atoms in total. The Morgan fingerprint density at radius 1 is 1.03 bits per heavy atom. The molecule has 0 saturated heterocycles. The molecule has 0 fully saturated rings.